The van der Waals surface area contributed by atoms with Gasteiger partial charge in [-0.3, -0.25) is 4.79 Å². The second-order valence-electron chi connectivity index (χ2n) is 5.94. The van der Waals surface area contributed by atoms with E-state index in [-0.39, 0.29) is 12.1 Å². The van der Waals surface area contributed by atoms with Crippen molar-refractivity contribution in [2.24, 2.45) is 0 Å². The van der Waals surface area contributed by atoms with Crippen LogP contribution in [0.1, 0.15) is 31.2 Å². The minimum atomic E-state index is -0.1000. The van der Waals surface area contributed by atoms with E-state index < -0.39 is 0 Å². The molecule has 3 rings (SSSR count). The fourth-order valence-electron chi connectivity index (χ4n) is 3.50. The number of hydrogen-bond acceptors (Lipinski definition) is 3. The molecule has 3 atom stereocenters. The highest BCUT2D eigenvalue weighted by atomic mass is 79.9. The van der Waals surface area contributed by atoms with Gasteiger partial charge in [0.15, 0.2) is 0 Å². The number of piperidine rings is 1. The van der Waals surface area contributed by atoms with Crippen LogP contribution in [-0.2, 0) is 16.0 Å². The van der Waals surface area contributed by atoms with E-state index in [1.54, 1.807) is 0 Å². The van der Waals surface area contributed by atoms with Crippen LogP contribution in [0.3, 0.4) is 0 Å². The number of carbonyl (C=O) groups is 1. The van der Waals surface area contributed by atoms with Crippen LogP contribution in [0, 0.1) is 0 Å². The average molecular weight is 338 g/mol. The van der Waals surface area contributed by atoms with Gasteiger partial charge in [0.2, 0.25) is 0 Å². The van der Waals surface area contributed by atoms with Crippen LogP contribution in [0.4, 0.5) is 0 Å². The monoisotopic (exact) mass is 337 g/mol. The first kappa shape index (κ1) is 14.1. The Kier molecular flexibility index (Phi) is 4.13. The fraction of sp³-hybridized carbons (Fsp3) is 0.562. The zero-order chi connectivity index (χ0) is 14.1. The Labute approximate surface area is 128 Å². The standard InChI is InChI=1S/C16H20BrNO2/c1-18-13-5-6-14(18)10-15(9-13)20-16(19)8-11-3-2-4-12(17)7-11/h2-4,7,13-15H,5-6,8-10H2,1H3/t13-,14+,15?. The van der Waals surface area contributed by atoms with Gasteiger partial charge in [0.1, 0.15) is 6.10 Å². The van der Waals surface area contributed by atoms with Crippen molar-refractivity contribution in [2.75, 3.05) is 7.05 Å². The number of rotatable bonds is 3. The summed E-state index contributed by atoms with van der Waals surface area (Å²) < 4.78 is 6.68. The number of carbonyl (C=O) groups excluding carboxylic acids is 1. The lowest BCUT2D eigenvalue weighted by molar-refractivity contribution is -0.151. The van der Waals surface area contributed by atoms with Gasteiger partial charge in [0.05, 0.1) is 6.42 Å². The Bertz CT molecular complexity index is 491. The molecule has 2 aliphatic rings. The second-order valence-corrected chi connectivity index (χ2v) is 6.86. The molecule has 2 saturated heterocycles. The lowest BCUT2D eigenvalue weighted by atomic mass is 10.0. The van der Waals surface area contributed by atoms with Crippen LogP contribution >= 0.6 is 15.9 Å². The largest absolute Gasteiger partial charge is 0.462 e. The summed E-state index contributed by atoms with van der Waals surface area (Å²) in [5, 5.41) is 0. The molecule has 0 saturated carbocycles. The number of ether oxygens (including phenoxy) is 1. The highest BCUT2D eigenvalue weighted by molar-refractivity contribution is 9.10. The molecule has 2 heterocycles. The predicted octanol–water partition coefficient (Wildman–Crippen LogP) is 3.16. The number of halogens is 1. The molecule has 2 aliphatic heterocycles. The molecule has 1 aromatic carbocycles. The number of esters is 1. The van der Waals surface area contributed by atoms with Crippen molar-refractivity contribution in [3.63, 3.8) is 0 Å². The van der Waals surface area contributed by atoms with E-state index in [1.165, 1.54) is 12.8 Å². The van der Waals surface area contributed by atoms with Crippen molar-refractivity contribution >= 4 is 21.9 Å². The van der Waals surface area contributed by atoms with Crippen molar-refractivity contribution in [1.82, 2.24) is 4.90 Å². The summed E-state index contributed by atoms with van der Waals surface area (Å²) in [5.74, 6) is -0.1000. The third-order valence-electron chi connectivity index (χ3n) is 4.59. The van der Waals surface area contributed by atoms with Gasteiger partial charge >= 0.3 is 5.97 Å². The molecule has 0 radical (unpaired) electrons. The minimum absolute atomic E-state index is 0.1000. The SMILES string of the molecule is CN1[C@@H]2CC[C@H]1CC(OC(=O)Cc1cccc(Br)c1)C2. The Morgan fingerprint density at radius 1 is 1.35 bits per heavy atom. The lowest BCUT2D eigenvalue weighted by Crippen LogP contribution is -2.43. The third-order valence-corrected chi connectivity index (χ3v) is 5.08. The van der Waals surface area contributed by atoms with Crippen molar-refractivity contribution < 1.29 is 9.53 Å². The van der Waals surface area contributed by atoms with E-state index in [0.29, 0.717) is 18.5 Å². The van der Waals surface area contributed by atoms with Crippen molar-refractivity contribution in [2.45, 2.75) is 50.3 Å². The summed E-state index contributed by atoms with van der Waals surface area (Å²) >= 11 is 3.42. The van der Waals surface area contributed by atoms with Crippen molar-refractivity contribution in [3.8, 4) is 0 Å². The van der Waals surface area contributed by atoms with Crippen LogP contribution in [-0.4, -0.2) is 36.1 Å². The topological polar surface area (TPSA) is 29.5 Å². The van der Waals surface area contributed by atoms with Crippen molar-refractivity contribution in [1.29, 1.82) is 0 Å². The maximum absolute atomic E-state index is 12.1. The Morgan fingerprint density at radius 3 is 2.70 bits per heavy atom. The van der Waals surface area contributed by atoms with Crippen molar-refractivity contribution in [3.05, 3.63) is 34.3 Å². The molecule has 0 spiro atoms. The zero-order valence-corrected chi connectivity index (χ0v) is 13.3. The maximum Gasteiger partial charge on any atom is 0.310 e. The third kappa shape index (κ3) is 3.07. The van der Waals surface area contributed by atoms with E-state index in [9.17, 15) is 4.79 Å². The highest BCUT2D eigenvalue weighted by Gasteiger charge is 2.39. The van der Waals surface area contributed by atoms with E-state index in [2.05, 4.69) is 27.9 Å². The molecule has 2 bridgehead atoms. The van der Waals surface area contributed by atoms with E-state index in [4.69, 9.17) is 4.74 Å². The molecule has 20 heavy (non-hydrogen) atoms. The van der Waals surface area contributed by atoms with Crippen LogP contribution < -0.4 is 0 Å². The molecule has 0 aliphatic carbocycles. The van der Waals surface area contributed by atoms with Gasteiger partial charge in [0, 0.05) is 16.6 Å². The lowest BCUT2D eigenvalue weighted by Gasteiger charge is -2.35. The first-order chi connectivity index (χ1) is 9.61. The van der Waals surface area contributed by atoms with Crippen LogP contribution in [0.2, 0.25) is 0 Å². The first-order valence-corrected chi connectivity index (χ1v) is 8.07. The average Bonchev–Trinajstić information content (AvgIpc) is 2.61. The number of nitrogens with zero attached hydrogens (tertiary/aromatic N) is 1. The smallest absolute Gasteiger partial charge is 0.310 e. The maximum atomic E-state index is 12.1. The van der Waals surface area contributed by atoms with Gasteiger partial charge in [-0.05, 0) is 50.4 Å². The molecule has 1 aromatic rings. The Hall–Kier alpha value is -0.870. The van der Waals surface area contributed by atoms with Crippen LogP contribution in [0.25, 0.3) is 0 Å². The Morgan fingerprint density at radius 2 is 2.05 bits per heavy atom. The van der Waals surface area contributed by atoms with Gasteiger partial charge in [-0.15, -0.1) is 0 Å². The summed E-state index contributed by atoms with van der Waals surface area (Å²) in [4.78, 5) is 14.5. The summed E-state index contributed by atoms with van der Waals surface area (Å²) in [6, 6.07) is 9.06. The molecule has 0 aromatic heterocycles. The molecule has 2 fully saturated rings. The molecule has 4 heteroatoms. The van der Waals surface area contributed by atoms with Gasteiger partial charge in [-0.2, -0.15) is 0 Å². The van der Waals surface area contributed by atoms with E-state index in [1.807, 2.05) is 24.3 Å². The first-order valence-electron chi connectivity index (χ1n) is 7.27. The second kappa shape index (κ2) is 5.86. The quantitative estimate of drug-likeness (QED) is 0.793. The van der Waals surface area contributed by atoms with Gasteiger partial charge < -0.3 is 9.64 Å². The number of benzene rings is 1. The summed E-state index contributed by atoms with van der Waals surface area (Å²) in [6.07, 6.45) is 4.97. The molecule has 0 amide bonds. The van der Waals surface area contributed by atoms with Gasteiger partial charge in [-0.1, -0.05) is 28.1 Å². The van der Waals surface area contributed by atoms with E-state index >= 15 is 0 Å². The zero-order valence-electron chi connectivity index (χ0n) is 11.7. The molecule has 3 nitrogen and oxygen atoms in total. The van der Waals surface area contributed by atoms with Crippen LogP contribution in [0.5, 0.6) is 0 Å². The van der Waals surface area contributed by atoms with Gasteiger partial charge in [0.25, 0.3) is 0 Å². The number of hydrogen-bond donors (Lipinski definition) is 0. The molecule has 0 N–H and O–H groups in total. The fourth-order valence-corrected chi connectivity index (χ4v) is 3.95. The Balaban J connectivity index is 1.55. The molecular formula is C16H20BrNO2. The summed E-state index contributed by atoms with van der Waals surface area (Å²) in [6.45, 7) is 0. The normalized spacial score (nSPS) is 29.4. The molecule has 108 valence electrons. The van der Waals surface area contributed by atoms with Crippen LogP contribution in [0.15, 0.2) is 28.7 Å². The van der Waals surface area contributed by atoms with Gasteiger partial charge in [-0.25, -0.2) is 0 Å². The molecule has 1 unspecified atom stereocenters. The van der Waals surface area contributed by atoms with E-state index in [0.717, 1.165) is 22.9 Å². The minimum Gasteiger partial charge on any atom is -0.462 e. The molecular weight excluding hydrogens is 318 g/mol. The highest BCUT2D eigenvalue weighted by Crippen LogP contribution is 2.35. The summed E-state index contributed by atoms with van der Waals surface area (Å²) in [7, 11) is 2.20. The summed E-state index contributed by atoms with van der Waals surface area (Å²) in [5.41, 5.74) is 1.00. The number of fused-ring (bicyclic) bond motifs is 2. The predicted molar refractivity (Wildman–Crippen MR) is 81.5 cm³/mol.